The maximum Gasteiger partial charge on any atom is 0.270 e. The first-order valence-corrected chi connectivity index (χ1v) is 6.84. The van der Waals surface area contributed by atoms with Gasteiger partial charge in [-0.2, -0.15) is 0 Å². The number of rotatable bonds is 5. The molecule has 0 amide bonds. The molecule has 0 unspecified atom stereocenters. The Labute approximate surface area is 129 Å². The Kier molecular flexibility index (Phi) is 4.64. The van der Waals surface area contributed by atoms with Gasteiger partial charge in [-0.3, -0.25) is 10.1 Å². The third kappa shape index (κ3) is 3.63. The predicted molar refractivity (Wildman–Crippen MR) is 82.8 cm³/mol. The van der Waals surface area contributed by atoms with Gasteiger partial charge in [-0.15, -0.1) is 0 Å². The monoisotopic (exact) mass is 352 g/mol. The zero-order chi connectivity index (χ0) is 15.4. The Morgan fingerprint density at radius 1 is 1.33 bits per heavy atom. The number of aromatic hydroxyl groups is 1. The quantitative estimate of drug-likeness (QED) is 0.633. The molecule has 110 valence electrons. The first-order chi connectivity index (χ1) is 10.0. The third-order valence-electron chi connectivity index (χ3n) is 2.93. The highest BCUT2D eigenvalue weighted by atomic mass is 79.9. The number of hydrogen-bond acceptors (Lipinski definition) is 5. The van der Waals surface area contributed by atoms with Crippen LogP contribution >= 0.6 is 15.9 Å². The molecule has 0 radical (unpaired) electrons. The van der Waals surface area contributed by atoms with E-state index in [1.807, 2.05) is 0 Å². The number of non-ortho nitro benzene ring substituents is 1. The summed E-state index contributed by atoms with van der Waals surface area (Å²) in [5.74, 6) is 0.702. The molecule has 0 saturated heterocycles. The van der Waals surface area contributed by atoms with Gasteiger partial charge in [0.25, 0.3) is 5.69 Å². The molecule has 6 nitrogen and oxygen atoms in total. The Balaban J connectivity index is 2.11. The van der Waals surface area contributed by atoms with Crippen molar-refractivity contribution in [3.63, 3.8) is 0 Å². The Bertz CT molecular complexity index is 676. The fraction of sp³-hybridized carbons (Fsp3) is 0.143. The van der Waals surface area contributed by atoms with Crippen molar-refractivity contribution < 1.29 is 14.8 Å². The molecule has 0 aliphatic heterocycles. The number of benzene rings is 2. The van der Waals surface area contributed by atoms with Gasteiger partial charge in [-0.1, -0.05) is 0 Å². The second-order valence-corrected chi connectivity index (χ2v) is 5.12. The molecule has 0 aromatic heterocycles. The number of nitrogens with zero attached hydrogens (tertiary/aromatic N) is 1. The molecule has 2 aromatic carbocycles. The van der Waals surface area contributed by atoms with Crippen LogP contribution in [-0.2, 0) is 6.54 Å². The number of ether oxygens (including phenoxy) is 1. The third-order valence-corrected chi connectivity index (χ3v) is 3.58. The second-order valence-electron chi connectivity index (χ2n) is 4.27. The number of nitro benzene ring substituents is 1. The van der Waals surface area contributed by atoms with Crippen LogP contribution in [0.1, 0.15) is 5.56 Å². The molecule has 2 N–H and O–H groups in total. The van der Waals surface area contributed by atoms with Crippen LogP contribution in [0, 0.1) is 10.1 Å². The summed E-state index contributed by atoms with van der Waals surface area (Å²) in [5.41, 5.74) is 1.41. The lowest BCUT2D eigenvalue weighted by molar-refractivity contribution is -0.384. The number of nitrogens with one attached hydrogen (secondary N) is 1. The molecular weight excluding hydrogens is 340 g/mol. The highest BCUT2D eigenvalue weighted by Crippen LogP contribution is 2.29. The Morgan fingerprint density at radius 3 is 2.67 bits per heavy atom. The van der Waals surface area contributed by atoms with Gasteiger partial charge in [-0.05, 0) is 34.1 Å². The van der Waals surface area contributed by atoms with Gasteiger partial charge in [0, 0.05) is 40.5 Å². The summed E-state index contributed by atoms with van der Waals surface area (Å²) in [6, 6.07) is 9.49. The van der Waals surface area contributed by atoms with E-state index in [9.17, 15) is 15.2 Å². The normalized spacial score (nSPS) is 10.2. The molecule has 0 fully saturated rings. The van der Waals surface area contributed by atoms with Gasteiger partial charge in [0.15, 0.2) is 0 Å². The summed E-state index contributed by atoms with van der Waals surface area (Å²) in [6.45, 7) is 0.381. The van der Waals surface area contributed by atoms with E-state index in [2.05, 4.69) is 21.2 Å². The van der Waals surface area contributed by atoms with Crippen LogP contribution in [0.25, 0.3) is 0 Å². The molecule has 7 heteroatoms. The lowest BCUT2D eigenvalue weighted by Crippen LogP contribution is -2.01. The van der Waals surface area contributed by atoms with Crippen LogP contribution in [0.4, 0.5) is 11.4 Å². The minimum atomic E-state index is -0.455. The van der Waals surface area contributed by atoms with Crippen molar-refractivity contribution >= 4 is 27.3 Å². The lowest BCUT2D eigenvalue weighted by atomic mass is 10.2. The van der Waals surface area contributed by atoms with Crippen LogP contribution < -0.4 is 10.1 Å². The summed E-state index contributed by atoms with van der Waals surface area (Å²) in [4.78, 5) is 10.2. The van der Waals surface area contributed by atoms with Crippen LogP contribution in [0.3, 0.4) is 0 Å². The van der Waals surface area contributed by atoms with E-state index in [1.165, 1.54) is 25.3 Å². The number of phenolic OH excluding ortho intramolecular Hbond substituents is 1. The van der Waals surface area contributed by atoms with Gasteiger partial charge < -0.3 is 15.2 Å². The number of methoxy groups -OCH3 is 1. The van der Waals surface area contributed by atoms with Crippen LogP contribution in [-0.4, -0.2) is 17.1 Å². The summed E-state index contributed by atoms with van der Waals surface area (Å²) in [5, 5.41) is 23.6. The van der Waals surface area contributed by atoms with Crippen LogP contribution in [0.2, 0.25) is 0 Å². The highest BCUT2D eigenvalue weighted by Gasteiger charge is 2.09. The average Bonchev–Trinajstić information content (AvgIpc) is 2.46. The maximum atomic E-state index is 10.7. The molecule has 0 aliphatic carbocycles. The van der Waals surface area contributed by atoms with Crippen molar-refractivity contribution in [2.24, 2.45) is 0 Å². The molecule has 2 aromatic rings. The van der Waals surface area contributed by atoms with E-state index in [0.717, 1.165) is 0 Å². The summed E-state index contributed by atoms with van der Waals surface area (Å²) in [7, 11) is 1.53. The van der Waals surface area contributed by atoms with Crippen LogP contribution in [0.15, 0.2) is 40.9 Å². The first kappa shape index (κ1) is 15.1. The predicted octanol–water partition coefficient (Wildman–Crippen LogP) is 3.68. The van der Waals surface area contributed by atoms with Crippen molar-refractivity contribution in [2.75, 3.05) is 12.4 Å². The SMILES string of the molecule is COc1ccc(CNc2ccc([N+](=O)[O-])cc2Br)c(O)c1. The van der Waals surface area contributed by atoms with Crippen molar-refractivity contribution in [2.45, 2.75) is 6.54 Å². The molecule has 21 heavy (non-hydrogen) atoms. The van der Waals surface area contributed by atoms with Crippen molar-refractivity contribution in [1.29, 1.82) is 0 Å². The van der Waals surface area contributed by atoms with Gasteiger partial charge in [-0.25, -0.2) is 0 Å². The first-order valence-electron chi connectivity index (χ1n) is 6.05. The number of phenols is 1. The number of nitro groups is 1. The van der Waals surface area contributed by atoms with Crippen LogP contribution in [0.5, 0.6) is 11.5 Å². The summed E-state index contributed by atoms with van der Waals surface area (Å²) in [6.07, 6.45) is 0. The molecule has 0 heterocycles. The van der Waals surface area contributed by atoms with Gasteiger partial charge in [0.05, 0.1) is 12.0 Å². The topological polar surface area (TPSA) is 84.6 Å². The number of anilines is 1. The van der Waals surface area contributed by atoms with E-state index >= 15 is 0 Å². The van der Waals surface area contributed by atoms with E-state index in [-0.39, 0.29) is 11.4 Å². The highest BCUT2D eigenvalue weighted by molar-refractivity contribution is 9.10. The molecule has 0 aliphatic rings. The fourth-order valence-electron chi connectivity index (χ4n) is 1.77. The Hall–Kier alpha value is -2.28. The maximum absolute atomic E-state index is 10.7. The van der Waals surface area contributed by atoms with Crippen molar-refractivity contribution in [1.82, 2.24) is 0 Å². The summed E-state index contributed by atoms with van der Waals surface area (Å²) >= 11 is 3.28. The molecule has 2 rings (SSSR count). The molecular formula is C14H13BrN2O4. The van der Waals surface area contributed by atoms with E-state index < -0.39 is 4.92 Å². The van der Waals surface area contributed by atoms with E-state index in [0.29, 0.717) is 28.0 Å². The fourth-order valence-corrected chi connectivity index (χ4v) is 2.28. The largest absolute Gasteiger partial charge is 0.507 e. The zero-order valence-corrected chi connectivity index (χ0v) is 12.8. The second kappa shape index (κ2) is 6.45. The molecule has 0 saturated carbocycles. The minimum Gasteiger partial charge on any atom is -0.507 e. The summed E-state index contributed by atoms with van der Waals surface area (Å²) < 4.78 is 5.60. The lowest BCUT2D eigenvalue weighted by Gasteiger charge is -2.10. The van der Waals surface area contributed by atoms with Gasteiger partial charge in [0.1, 0.15) is 11.5 Å². The van der Waals surface area contributed by atoms with Gasteiger partial charge >= 0.3 is 0 Å². The minimum absolute atomic E-state index is 0.0136. The Morgan fingerprint density at radius 2 is 2.10 bits per heavy atom. The molecule has 0 atom stereocenters. The van der Waals surface area contributed by atoms with E-state index in [1.54, 1.807) is 18.2 Å². The molecule has 0 bridgehead atoms. The number of hydrogen-bond donors (Lipinski definition) is 2. The van der Waals surface area contributed by atoms with E-state index in [4.69, 9.17) is 4.74 Å². The smallest absolute Gasteiger partial charge is 0.270 e. The van der Waals surface area contributed by atoms with Gasteiger partial charge in [0.2, 0.25) is 0 Å². The average molecular weight is 353 g/mol. The number of halogens is 1. The van der Waals surface area contributed by atoms with Crippen molar-refractivity contribution in [3.05, 3.63) is 56.5 Å². The molecule has 0 spiro atoms. The zero-order valence-electron chi connectivity index (χ0n) is 11.2. The standard InChI is InChI=1S/C14H13BrN2O4/c1-21-11-4-2-9(14(18)7-11)8-16-13-5-3-10(17(19)20)6-12(13)15/h2-7,16,18H,8H2,1H3. The van der Waals surface area contributed by atoms with Crippen molar-refractivity contribution in [3.8, 4) is 11.5 Å².